The summed E-state index contributed by atoms with van der Waals surface area (Å²) in [6.07, 6.45) is -0.0783. The summed E-state index contributed by atoms with van der Waals surface area (Å²) in [5, 5.41) is 10.0. The highest BCUT2D eigenvalue weighted by Crippen LogP contribution is 2.33. The number of methoxy groups -OCH3 is 2. The number of benzene rings is 1. The molecule has 0 radical (unpaired) electrons. The van der Waals surface area contributed by atoms with Gasteiger partial charge in [0.2, 0.25) is 11.4 Å². The first-order valence-electron chi connectivity index (χ1n) is 5.05. The molecule has 1 aromatic carbocycles. The molecule has 0 bridgehead atoms. The molecule has 17 heavy (non-hydrogen) atoms. The van der Waals surface area contributed by atoms with Crippen LogP contribution in [0.1, 0.15) is 15.9 Å². The third-order valence-electron chi connectivity index (χ3n) is 2.90. The van der Waals surface area contributed by atoms with Gasteiger partial charge in [-0.3, -0.25) is 4.79 Å². The molecule has 5 heteroatoms. The van der Waals surface area contributed by atoms with E-state index in [-0.39, 0.29) is 6.42 Å². The van der Waals surface area contributed by atoms with E-state index in [2.05, 4.69) is 4.74 Å². The SMILES string of the molecule is COC(=O)C1(O)Cc2cc(OC)ccc2C1=O. The van der Waals surface area contributed by atoms with E-state index in [0.717, 1.165) is 7.11 Å². The number of Topliss-reactive ketones (excluding diaryl/α,β-unsaturated/α-hetero) is 1. The van der Waals surface area contributed by atoms with Gasteiger partial charge in [-0.25, -0.2) is 4.79 Å². The van der Waals surface area contributed by atoms with E-state index in [0.29, 0.717) is 16.9 Å². The second-order valence-electron chi connectivity index (χ2n) is 3.88. The van der Waals surface area contributed by atoms with E-state index in [1.807, 2.05) is 0 Å². The van der Waals surface area contributed by atoms with Crippen LogP contribution in [0.25, 0.3) is 0 Å². The Hall–Kier alpha value is -1.88. The largest absolute Gasteiger partial charge is 0.497 e. The summed E-state index contributed by atoms with van der Waals surface area (Å²) in [5.41, 5.74) is -1.18. The van der Waals surface area contributed by atoms with Crippen LogP contribution in [0.4, 0.5) is 0 Å². The number of esters is 1. The average Bonchev–Trinajstić information content (AvgIpc) is 2.61. The van der Waals surface area contributed by atoms with Crippen LogP contribution in [0, 0.1) is 0 Å². The molecule has 1 aliphatic rings. The quantitative estimate of drug-likeness (QED) is 0.592. The molecule has 1 aromatic rings. The molecule has 2 rings (SSSR count). The number of carbonyl (C=O) groups is 2. The Kier molecular flexibility index (Phi) is 2.63. The number of hydrogen-bond donors (Lipinski definition) is 1. The maximum atomic E-state index is 11.9. The molecule has 0 amide bonds. The molecule has 90 valence electrons. The molecular weight excluding hydrogens is 224 g/mol. The summed E-state index contributed by atoms with van der Waals surface area (Å²) in [6.45, 7) is 0. The van der Waals surface area contributed by atoms with Crippen molar-refractivity contribution < 1.29 is 24.2 Å². The predicted octanol–water partition coefficient (Wildman–Crippen LogP) is 0.338. The number of fused-ring (bicyclic) bond motifs is 1. The molecule has 1 N–H and O–H groups in total. The summed E-state index contributed by atoms with van der Waals surface area (Å²) < 4.78 is 9.47. The van der Waals surface area contributed by atoms with Crippen LogP contribution >= 0.6 is 0 Å². The lowest BCUT2D eigenvalue weighted by molar-refractivity contribution is -0.156. The molecule has 0 aromatic heterocycles. The maximum absolute atomic E-state index is 11.9. The van der Waals surface area contributed by atoms with Crippen molar-refractivity contribution in [2.24, 2.45) is 0 Å². The number of rotatable bonds is 2. The lowest BCUT2D eigenvalue weighted by Gasteiger charge is -2.16. The van der Waals surface area contributed by atoms with Gasteiger partial charge in [-0.05, 0) is 23.8 Å². The zero-order valence-corrected chi connectivity index (χ0v) is 9.52. The van der Waals surface area contributed by atoms with E-state index < -0.39 is 17.4 Å². The van der Waals surface area contributed by atoms with Crippen molar-refractivity contribution in [3.05, 3.63) is 29.3 Å². The van der Waals surface area contributed by atoms with Gasteiger partial charge < -0.3 is 14.6 Å². The van der Waals surface area contributed by atoms with Gasteiger partial charge in [-0.15, -0.1) is 0 Å². The number of hydrogen-bond acceptors (Lipinski definition) is 5. The molecule has 0 saturated heterocycles. The van der Waals surface area contributed by atoms with Gasteiger partial charge in [0.15, 0.2) is 0 Å². The van der Waals surface area contributed by atoms with Gasteiger partial charge in [0.25, 0.3) is 0 Å². The monoisotopic (exact) mass is 236 g/mol. The molecular formula is C12H12O5. The zero-order chi connectivity index (χ0) is 12.6. The van der Waals surface area contributed by atoms with Gasteiger partial charge in [0.1, 0.15) is 5.75 Å². The van der Waals surface area contributed by atoms with E-state index >= 15 is 0 Å². The number of carbonyl (C=O) groups excluding carboxylic acids is 2. The van der Waals surface area contributed by atoms with Crippen molar-refractivity contribution in [1.29, 1.82) is 0 Å². The van der Waals surface area contributed by atoms with Crippen LogP contribution in [-0.2, 0) is 16.0 Å². The first-order chi connectivity index (χ1) is 8.02. The van der Waals surface area contributed by atoms with E-state index in [1.165, 1.54) is 13.2 Å². The van der Waals surface area contributed by atoms with E-state index in [4.69, 9.17) is 4.74 Å². The van der Waals surface area contributed by atoms with Gasteiger partial charge >= 0.3 is 5.97 Å². The minimum absolute atomic E-state index is 0.0783. The molecule has 1 aliphatic carbocycles. The molecule has 0 spiro atoms. The van der Waals surface area contributed by atoms with Crippen molar-refractivity contribution in [3.8, 4) is 5.75 Å². The zero-order valence-electron chi connectivity index (χ0n) is 9.52. The summed E-state index contributed by atoms with van der Waals surface area (Å²) in [5.74, 6) is -0.981. The summed E-state index contributed by atoms with van der Waals surface area (Å²) in [7, 11) is 2.64. The molecule has 0 saturated carbocycles. The van der Waals surface area contributed by atoms with Crippen LogP contribution < -0.4 is 4.74 Å². The molecule has 0 fully saturated rings. The summed E-state index contributed by atoms with van der Waals surface area (Å²) in [4.78, 5) is 23.4. The fraction of sp³-hybridized carbons (Fsp3) is 0.333. The summed E-state index contributed by atoms with van der Waals surface area (Å²) >= 11 is 0. The van der Waals surface area contributed by atoms with Crippen LogP contribution in [-0.4, -0.2) is 36.7 Å². The van der Waals surface area contributed by atoms with Crippen molar-refractivity contribution in [2.45, 2.75) is 12.0 Å². The molecule has 0 aliphatic heterocycles. The molecule has 1 unspecified atom stereocenters. The third kappa shape index (κ3) is 1.59. The standard InChI is InChI=1S/C12H12O5/c1-16-8-3-4-9-7(5-8)6-12(15,10(9)13)11(14)17-2/h3-5,15H,6H2,1-2H3. The van der Waals surface area contributed by atoms with Crippen molar-refractivity contribution in [2.75, 3.05) is 14.2 Å². The Bertz CT molecular complexity index is 494. The topological polar surface area (TPSA) is 72.8 Å². The van der Waals surface area contributed by atoms with Crippen molar-refractivity contribution >= 4 is 11.8 Å². The van der Waals surface area contributed by atoms with E-state index in [9.17, 15) is 14.7 Å². The smallest absolute Gasteiger partial charge is 0.346 e. The number of ketones is 1. The normalized spacial score (nSPS) is 22.2. The summed E-state index contributed by atoms with van der Waals surface area (Å²) in [6, 6.07) is 4.78. The first-order valence-corrected chi connectivity index (χ1v) is 5.05. The fourth-order valence-electron chi connectivity index (χ4n) is 1.98. The Morgan fingerprint density at radius 1 is 1.41 bits per heavy atom. The Morgan fingerprint density at radius 2 is 2.12 bits per heavy atom. The Balaban J connectivity index is 2.45. The van der Waals surface area contributed by atoms with Gasteiger partial charge in [0.05, 0.1) is 14.2 Å². The third-order valence-corrected chi connectivity index (χ3v) is 2.90. The lowest BCUT2D eigenvalue weighted by Crippen LogP contribution is -2.45. The second-order valence-corrected chi connectivity index (χ2v) is 3.88. The van der Waals surface area contributed by atoms with Crippen molar-refractivity contribution in [1.82, 2.24) is 0 Å². The van der Waals surface area contributed by atoms with Crippen LogP contribution in [0.3, 0.4) is 0 Å². The molecule has 0 heterocycles. The average molecular weight is 236 g/mol. The van der Waals surface area contributed by atoms with Crippen LogP contribution in [0.5, 0.6) is 5.75 Å². The number of ether oxygens (including phenoxy) is 2. The number of aliphatic hydroxyl groups is 1. The predicted molar refractivity (Wildman–Crippen MR) is 58.0 cm³/mol. The highest BCUT2D eigenvalue weighted by atomic mass is 16.5. The molecule has 1 atom stereocenters. The second kappa shape index (κ2) is 3.85. The van der Waals surface area contributed by atoms with Crippen LogP contribution in [0.15, 0.2) is 18.2 Å². The maximum Gasteiger partial charge on any atom is 0.346 e. The van der Waals surface area contributed by atoms with Crippen molar-refractivity contribution in [3.63, 3.8) is 0 Å². The minimum Gasteiger partial charge on any atom is -0.497 e. The molecule has 5 nitrogen and oxygen atoms in total. The Morgan fingerprint density at radius 3 is 2.71 bits per heavy atom. The fourth-order valence-corrected chi connectivity index (χ4v) is 1.98. The van der Waals surface area contributed by atoms with Gasteiger partial charge in [-0.2, -0.15) is 0 Å². The first kappa shape index (κ1) is 11.6. The van der Waals surface area contributed by atoms with Gasteiger partial charge in [-0.1, -0.05) is 0 Å². The highest BCUT2D eigenvalue weighted by Gasteiger charge is 2.51. The van der Waals surface area contributed by atoms with E-state index in [1.54, 1.807) is 12.1 Å². The van der Waals surface area contributed by atoms with Crippen LogP contribution in [0.2, 0.25) is 0 Å². The lowest BCUT2D eigenvalue weighted by atomic mass is 10.00. The minimum atomic E-state index is -2.09. The Labute approximate surface area is 98.0 Å². The van der Waals surface area contributed by atoms with Gasteiger partial charge in [0, 0.05) is 12.0 Å². The highest BCUT2D eigenvalue weighted by molar-refractivity contribution is 6.18.